The molecule has 2 rings (SSSR count). The molecule has 2 N–H and O–H groups in total. The first kappa shape index (κ1) is 15.5. The van der Waals surface area contributed by atoms with Crippen molar-refractivity contribution in [1.82, 2.24) is 4.98 Å². The number of aromatic nitrogens is 1. The molecule has 0 unspecified atom stereocenters. The van der Waals surface area contributed by atoms with Crippen LogP contribution in [0, 0.1) is 0 Å². The second kappa shape index (κ2) is 6.24. The number of nitrogens with zero attached hydrogens (tertiary/aromatic N) is 1. The van der Waals surface area contributed by atoms with Gasteiger partial charge in [0.25, 0.3) is 0 Å². The molecule has 0 atom stereocenters. The van der Waals surface area contributed by atoms with Crippen molar-refractivity contribution in [3.8, 4) is 5.75 Å². The van der Waals surface area contributed by atoms with Crippen LogP contribution in [0.5, 0.6) is 5.75 Å². The highest BCUT2D eigenvalue weighted by Gasteiger charge is 2.17. The fourth-order valence-electron chi connectivity index (χ4n) is 1.73. The van der Waals surface area contributed by atoms with Gasteiger partial charge in [0.2, 0.25) is 0 Å². The third-order valence-corrected chi connectivity index (χ3v) is 4.38. The van der Waals surface area contributed by atoms with E-state index in [4.69, 9.17) is 10.5 Å². The Morgan fingerprint density at radius 3 is 2.70 bits per heavy atom. The molecule has 1 heterocycles. The number of hydrogen-bond donors (Lipinski definition) is 1. The molecular formula is C15H19BrN2OS. The lowest BCUT2D eigenvalue weighted by Crippen LogP contribution is -2.11. The van der Waals surface area contributed by atoms with Crippen LogP contribution in [-0.2, 0) is 18.6 Å². The molecule has 0 aliphatic heterocycles. The first-order valence-corrected chi connectivity index (χ1v) is 8.14. The van der Waals surface area contributed by atoms with E-state index in [1.807, 2.05) is 18.2 Å². The molecule has 0 spiro atoms. The van der Waals surface area contributed by atoms with Gasteiger partial charge in [-0.3, -0.25) is 0 Å². The molecule has 0 amide bonds. The number of thiazole rings is 1. The van der Waals surface area contributed by atoms with E-state index in [9.17, 15) is 0 Å². The highest BCUT2D eigenvalue weighted by Crippen LogP contribution is 2.30. The van der Waals surface area contributed by atoms with Crippen LogP contribution in [0.3, 0.4) is 0 Å². The quantitative estimate of drug-likeness (QED) is 0.892. The van der Waals surface area contributed by atoms with Crippen LogP contribution >= 0.6 is 27.3 Å². The second-order valence-corrected chi connectivity index (χ2v) is 7.39. The van der Waals surface area contributed by atoms with E-state index in [1.54, 1.807) is 11.3 Å². The van der Waals surface area contributed by atoms with Crippen molar-refractivity contribution in [2.75, 3.05) is 0 Å². The van der Waals surface area contributed by atoms with Crippen molar-refractivity contribution in [3.63, 3.8) is 0 Å². The van der Waals surface area contributed by atoms with Crippen molar-refractivity contribution in [3.05, 3.63) is 44.3 Å². The first-order chi connectivity index (χ1) is 9.41. The maximum atomic E-state index is 5.89. The van der Waals surface area contributed by atoms with Gasteiger partial charge in [0.05, 0.1) is 10.2 Å². The van der Waals surface area contributed by atoms with Crippen molar-refractivity contribution in [2.24, 2.45) is 5.73 Å². The lowest BCUT2D eigenvalue weighted by atomic mass is 9.93. The molecule has 0 fully saturated rings. The molecule has 0 saturated heterocycles. The number of nitrogens with two attached hydrogens (primary N) is 1. The van der Waals surface area contributed by atoms with Crippen molar-refractivity contribution in [1.29, 1.82) is 0 Å². The average Bonchev–Trinajstić information content (AvgIpc) is 2.85. The minimum Gasteiger partial charge on any atom is -0.485 e. The molecule has 0 aliphatic carbocycles. The average molecular weight is 355 g/mol. The van der Waals surface area contributed by atoms with Crippen LogP contribution in [0.4, 0.5) is 0 Å². The third-order valence-electron chi connectivity index (χ3n) is 2.93. The maximum Gasteiger partial charge on any atom is 0.140 e. The Morgan fingerprint density at radius 2 is 2.10 bits per heavy atom. The van der Waals surface area contributed by atoms with E-state index in [1.165, 1.54) is 0 Å². The van der Waals surface area contributed by atoms with Crippen molar-refractivity contribution >= 4 is 27.3 Å². The number of para-hydroxylation sites is 1. The zero-order valence-electron chi connectivity index (χ0n) is 11.9. The highest BCUT2D eigenvalue weighted by molar-refractivity contribution is 9.10. The Labute approximate surface area is 132 Å². The van der Waals surface area contributed by atoms with Crippen LogP contribution in [0.25, 0.3) is 0 Å². The number of hydrogen-bond acceptors (Lipinski definition) is 4. The van der Waals surface area contributed by atoms with Gasteiger partial charge in [-0.25, -0.2) is 4.98 Å². The molecule has 108 valence electrons. The topological polar surface area (TPSA) is 48.1 Å². The SMILES string of the molecule is CC(C)(C)c1csc(COc2c(Br)cccc2CN)n1. The second-order valence-electron chi connectivity index (χ2n) is 5.60. The van der Waals surface area contributed by atoms with Gasteiger partial charge in [0, 0.05) is 22.9 Å². The first-order valence-electron chi connectivity index (χ1n) is 6.47. The lowest BCUT2D eigenvalue weighted by Gasteiger charge is -2.14. The Kier molecular flexibility index (Phi) is 4.83. The molecule has 0 radical (unpaired) electrons. The largest absolute Gasteiger partial charge is 0.485 e. The van der Waals surface area contributed by atoms with Gasteiger partial charge in [-0.05, 0) is 22.0 Å². The van der Waals surface area contributed by atoms with E-state index in [2.05, 4.69) is 47.1 Å². The van der Waals surface area contributed by atoms with E-state index in [-0.39, 0.29) is 5.41 Å². The van der Waals surface area contributed by atoms with Gasteiger partial charge in [-0.1, -0.05) is 32.9 Å². The summed E-state index contributed by atoms with van der Waals surface area (Å²) in [6, 6.07) is 5.89. The maximum absolute atomic E-state index is 5.89. The van der Waals surface area contributed by atoms with Crippen LogP contribution < -0.4 is 10.5 Å². The Bertz CT molecular complexity index is 590. The van der Waals surface area contributed by atoms with E-state index in [0.717, 1.165) is 26.5 Å². The molecule has 0 bridgehead atoms. The molecular weight excluding hydrogens is 336 g/mol. The summed E-state index contributed by atoms with van der Waals surface area (Å²) in [6.07, 6.45) is 0. The van der Waals surface area contributed by atoms with Crippen molar-refractivity contribution < 1.29 is 4.74 Å². The van der Waals surface area contributed by atoms with E-state index < -0.39 is 0 Å². The summed E-state index contributed by atoms with van der Waals surface area (Å²) in [5.74, 6) is 0.808. The van der Waals surface area contributed by atoms with Gasteiger partial charge >= 0.3 is 0 Å². The number of halogens is 1. The van der Waals surface area contributed by atoms with Gasteiger partial charge in [0.1, 0.15) is 17.4 Å². The molecule has 5 heteroatoms. The molecule has 2 aromatic rings. The normalized spacial score (nSPS) is 11.7. The number of benzene rings is 1. The monoisotopic (exact) mass is 354 g/mol. The minimum atomic E-state index is 0.0739. The predicted molar refractivity (Wildman–Crippen MR) is 87.2 cm³/mol. The van der Waals surface area contributed by atoms with Gasteiger partial charge in [0.15, 0.2) is 0 Å². The van der Waals surface area contributed by atoms with Gasteiger partial charge in [-0.15, -0.1) is 11.3 Å². The zero-order valence-corrected chi connectivity index (χ0v) is 14.3. The van der Waals surface area contributed by atoms with Crippen molar-refractivity contribution in [2.45, 2.75) is 39.3 Å². The zero-order chi connectivity index (χ0) is 14.8. The van der Waals surface area contributed by atoms with E-state index >= 15 is 0 Å². The van der Waals surface area contributed by atoms with Crippen LogP contribution in [0.1, 0.15) is 37.0 Å². The molecule has 20 heavy (non-hydrogen) atoms. The van der Waals surface area contributed by atoms with E-state index in [0.29, 0.717) is 13.2 Å². The number of rotatable bonds is 4. The summed E-state index contributed by atoms with van der Waals surface area (Å²) in [6.45, 7) is 7.41. The fraction of sp³-hybridized carbons (Fsp3) is 0.400. The van der Waals surface area contributed by atoms with Gasteiger partial charge in [-0.2, -0.15) is 0 Å². The minimum absolute atomic E-state index is 0.0739. The molecule has 0 saturated carbocycles. The summed E-state index contributed by atoms with van der Waals surface area (Å²) in [4.78, 5) is 4.63. The lowest BCUT2D eigenvalue weighted by molar-refractivity contribution is 0.299. The predicted octanol–water partition coefficient (Wildman–Crippen LogP) is 4.24. The summed E-state index contributed by atoms with van der Waals surface area (Å²) in [7, 11) is 0. The summed E-state index contributed by atoms with van der Waals surface area (Å²) in [5, 5.41) is 3.08. The summed E-state index contributed by atoms with van der Waals surface area (Å²) < 4.78 is 6.82. The van der Waals surface area contributed by atoms with Gasteiger partial charge < -0.3 is 10.5 Å². The Morgan fingerprint density at radius 1 is 1.35 bits per heavy atom. The fourth-order valence-corrected chi connectivity index (χ4v) is 3.19. The smallest absolute Gasteiger partial charge is 0.140 e. The van der Waals surface area contributed by atoms with Crippen LogP contribution in [0.15, 0.2) is 28.1 Å². The molecule has 3 nitrogen and oxygen atoms in total. The standard InChI is InChI=1S/C15H19BrN2OS/c1-15(2,3)12-9-20-13(18-12)8-19-14-10(7-17)5-4-6-11(14)16/h4-6,9H,7-8,17H2,1-3H3. The van der Waals surface area contributed by atoms with Crippen LogP contribution in [-0.4, -0.2) is 4.98 Å². The third kappa shape index (κ3) is 3.59. The summed E-state index contributed by atoms with van der Waals surface area (Å²) in [5.41, 5.74) is 7.91. The molecule has 1 aromatic heterocycles. The summed E-state index contributed by atoms with van der Waals surface area (Å²) >= 11 is 5.13. The van der Waals surface area contributed by atoms with Crippen LogP contribution in [0.2, 0.25) is 0 Å². The Hall–Kier alpha value is -0.910. The molecule has 1 aromatic carbocycles. The molecule has 0 aliphatic rings. The highest BCUT2D eigenvalue weighted by atomic mass is 79.9. The number of ether oxygens (including phenoxy) is 1. The Balaban J connectivity index is 2.11.